The normalized spacial score (nSPS) is 11.6. The van der Waals surface area contributed by atoms with Crippen LogP contribution < -0.4 is 0 Å². The number of benzene rings is 8. The van der Waals surface area contributed by atoms with Gasteiger partial charge in [-0.3, -0.25) is 4.57 Å². The Labute approximate surface area is 323 Å². The van der Waals surface area contributed by atoms with Crippen LogP contribution in [0.1, 0.15) is 0 Å². The van der Waals surface area contributed by atoms with Crippen LogP contribution in [-0.4, -0.2) is 24.1 Å². The highest BCUT2D eigenvalue weighted by atomic mass is 15.2. The van der Waals surface area contributed by atoms with E-state index in [1.54, 1.807) is 0 Å². The van der Waals surface area contributed by atoms with Gasteiger partial charge in [0.1, 0.15) is 0 Å². The van der Waals surface area contributed by atoms with Crippen molar-refractivity contribution in [3.63, 3.8) is 0 Å². The highest BCUT2D eigenvalue weighted by Gasteiger charge is 2.20. The van der Waals surface area contributed by atoms with Gasteiger partial charge in [-0.1, -0.05) is 146 Å². The van der Waals surface area contributed by atoms with E-state index in [4.69, 9.17) is 15.0 Å². The molecule has 5 heteroatoms. The number of aromatic nitrogens is 5. The average molecular weight is 716 g/mol. The molecule has 0 aliphatic carbocycles. The van der Waals surface area contributed by atoms with Gasteiger partial charge >= 0.3 is 0 Å². The van der Waals surface area contributed by atoms with Gasteiger partial charge < -0.3 is 4.57 Å². The quantitative estimate of drug-likeness (QED) is 0.172. The smallest absolute Gasteiger partial charge is 0.238 e. The molecule has 0 amide bonds. The van der Waals surface area contributed by atoms with Crippen molar-refractivity contribution in [3.8, 4) is 56.7 Å². The van der Waals surface area contributed by atoms with Crippen LogP contribution in [0.15, 0.2) is 200 Å². The van der Waals surface area contributed by atoms with Crippen molar-refractivity contribution < 1.29 is 0 Å². The van der Waals surface area contributed by atoms with Crippen LogP contribution in [0.5, 0.6) is 0 Å². The SMILES string of the molecule is c1ccc(-c2ccc3c(c2)c2cc(-c4ccc5c(c4)c4ccccc4n5-c4ccccc4)ccc2n3-c2nc(-c3ccccc3)nc(-c3ccccc3)n2)cc1. The summed E-state index contributed by atoms with van der Waals surface area (Å²) in [4.78, 5) is 15.3. The number of hydrogen-bond donors (Lipinski definition) is 0. The maximum absolute atomic E-state index is 5.16. The topological polar surface area (TPSA) is 48.5 Å². The first kappa shape index (κ1) is 31.9. The summed E-state index contributed by atoms with van der Waals surface area (Å²) in [5, 5.41) is 4.72. The molecule has 56 heavy (non-hydrogen) atoms. The van der Waals surface area contributed by atoms with Gasteiger partial charge in [-0.25, -0.2) is 4.98 Å². The third-order valence-electron chi connectivity index (χ3n) is 10.8. The number of hydrogen-bond acceptors (Lipinski definition) is 3. The van der Waals surface area contributed by atoms with Crippen LogP contribution in [-0.2, 0) is 0 Å². The maximum Gasteiger partial charge on any atom is 0.238 e. The van der Waals surface area contributed by atoms with Gasteiger partial charge in [0.25, 0.3) is 0 Å². The van der Waals surface area contributed by atoms with E-state index in [1.807, 2.05) is 60.7 Å². The summed E-state index contributed by atoms with van der Waals surface area (Å²) in [6, 6.07) is 70.5. The second-order valence-corrected chi connectivity index (χ2v) is 14.1. The van der Waals surface area contributed by atoms with E-state index in [0.717, 1.165) is 55.3 Å². The van der Waals surface area contributed by atoms with Crippen molar-refractivity contribution in [2.45, 2.75) is 0 Å². The summed E-state index contributed by atoms with van der Waals surface area (Å²) in [5.41, 5.74) is 12.1. The van der Waals surface area contributed by atoms with Crippen molar-refractivity contribution in [1.82, 2.24) is 24.1 Å². The Bertz CT molecular complexity index is 3160. The van der Waals surface area contributed by atoms with Gasteiger partial charge in [0.05, 0.1) is 22.1 Å². The van der Waals surface area contributed by atoms with E-state index in [-0.39, 0.29) is 0 Å². The molecule has 0 atom stereocenters. The number of rotatable bonds is 6. The summed E-state index contributed by atoms with van der Waals surface area (Å²) in [5.74, 6) is 1.84. The lowest BCUT2D eigenvalue weighted by atomic mass is 9.99. The number of para-hydroxylation sites is 2. The minimum absolute atomic E-state index is 0.577. The van der Waals surface area contributed by atoms with Crippen molar-refractivity contribution in [2.24, 2.45) is 0 Å². The van der Waals surface area contributed by atoms with Crippen LogP contribution in [0.2, 0.25) is 0 Å². The fourth-order valence-electron chi connectivity index (χ4n) is 8.13. The molecule has 11 rings (SSSR count). The minimum atomic E-state index is 0.577. The molecule has 0 aliphatic rings. The number of nitrogens with zero attached hydrogens (tertiary/aromatic N) is 5. The first-order valence-corrected chi connectivity index (χ1v) is 18.9. The van der Waals surface area contributed by atoms with Crippen molar-refractivity contribution in [1.29, 1.82) is 0 Å². The molecule has 0 unspecified atom stereocenters. The van der Waals surface area contributed by atoms with E-state index in [0.29, 0.717) is 17.6 Å². The Balaban J connectivity index is 1.15. The van der Waals surface area contributed by atoms with Crippen LogP contribution in [0.3, 0.4) is 0 Å². The zero-order valence-electron chi connectivity index (χ0n) is 30.3. The highest BCUT2D eigenvalue weighted by Crippen LogP contribution is 2.39. The Morgan fingerprint density at radius 3 is 1.20 bits per heavy atom. The van der Waals surface area contributed by atoms with Crippen LogP contribution in [0.25, 0.3) is 100 Å². The second kappa shape index (κ2) is 13.0. The summed E-state index contributed by atoms with van der Waals surface area (Å²) in [6.07, 6.45) is 0. The van der Waals surface area contributed by atoms with E-state index < -0.39 is 0 Å². The monoisotopic (exact) mass is 715 g/mol. The molecule has 0 N–H and O–H groups in total. The lowest BCUT2D eigenvalue weighted by molar-refractivity contribution is 0.953. The summed E-state index contributed by atoms with van der Waals surface area (Å²) >= 11 is 0. The molecular formula is C51H33N5. The molecule has 0 aliphatic heterocycles. The van der Waals surface area contributed by atoms with E-state index in [9.17, 15) is 0 Å². The molecule has 0 saturated heterocycles. The predicted octanol–water partition coefficient (Wildman–Crippen LogP) is 12.7. The fraction of sp³-hybridized carbons (Fsp3) is 0. The molecular weight excluding hydrogens is 683 g/mol. The largest absolute Gasteiger partial charge is 0.309 e. The Morgan fingerprint density at radius 1 is 0.268 bits per heavy atom. The molecule has 0 spiro atoms. The molecule has 3 aromatic heterocycles. The maximum atomic E-state index is 5.16. The predicted molar refractivity (Wildman–Crippen MR) is 230 cm³/mol. The first-order valence-electron chi connectivity index (χ1n) is 18.9. The van der Waals surface area contributed by atoms with Gasteiger partial charge in [0.15, 0.2) is 11.6 Å². The van der Waals surface area contributed by atoms with Crippen molar-refractivity contribution >= 4 is 43.6 Å². The van der Waals surface area contributed by atoms with E-state index in [1.165, 1.54) is 27.4 Å². The van der Waals surface area contributed by atoms with E-state index in [2.05, 4.69) is 149 Å². The third-order valence-corrected chi connectivity index (χ3v) is 10.8. The molecule has 0 radical (unpaired) electrons. The highest BCUT2D eigenvalue weighted by molar-refractivity contribution is 6.13. The molecule has 8 aromatic carbocycles. The molecule has 262 valence electrons. The summed E-state index contributed by atoms with van der Waals surface area (Å²) in [7, 11) is 0. The van der Waals surface area contributed by atoms with Gasteiger partial charge in [-0.2, -0.15) is 9.97 Å². The Hall–Kier alpha value is -7.63. The zero-order chi connectivity index (χ0) is 37.0. The van der Waals surface area contributed by atoms with Crippen molar-refractivity contribution in [3.05, 3.63) is 200 Å². The molecule has 0 bridgehead atoms. The summed E-state index contributed by atoms with van der Waals surface area (Å²) < 4.78 is 4.55. The zero-order valence-corrected chi connectivity index (χ0v) is 30.3. The van der Waals surface area contributed by atoms with Crippen LogP contribution in [0.4, 0.5) is 0 Å². The first-order chi connectivity index (χ1) is 27.8. The standard InChI is InChI=1S/C51H33N5/c1-5-15-34(16-6-1)37-25-29-47-43(31-37)44-33-39(38-26-28-46-42(32-38)41-23-13-14-24-45(41)55(46)40-21-11-4-12-22-40)27-30-48(44)56(47)51-53-49(35-17-7-2-8-18-35)52-50(54-51)36-19-9-3-10-20-36/h1-33H. The molecule has 0 fully saturated rings. The number of fused-ring (bicyclic) bond motifs is 6. The average Bonchev–Trinajstić information content (AvgIpc) is 3.79. The van der Waals surface area contributed by atoms with Gasteiger partial charge in [-0.15, -0.1) is 0 Å². The third kappa shape index (κ3) is 5.29. The Morgan fingerprint density at radius 2 is 0.661 bits per heavy atom. The van der Waals surface area contributed by atoms with E-state index >= 15 is 0 Å². The van der Waals surface area contributed by atoms with Crippen LogP contribution >= 0.6 is 0 Å². The molecule has 5 nitrogen and oxygen atoms in total. The minimum Gasteiger partial charge on any atom is -0.309 e. The molecule has 3 heterocycles. The second-order valence-electron chi connectivity index (χ2n) is 14.1. The molecule has 0 saturated carbocycles. The fourth-order valence-corrected chi connectivity index (χ4v) is 8.13. The van der Waals surface area contributed by atoms with Crippen LogP contribution in [0, 0.1) is 0 Å². The lowest BCUT2D eigenvalue weighted by Gasteiger charge is -2.11. The lowest BCUT2D eigenvalue weighted by Crippen LogP contribution is -2.06. The molecule has 11 aromatic rings. The van der Waals surface area contributed by atoms with Crippen molar-refractivity contribution in [2.75, 3.05) is 0 Å². The van der Waals surface area contributed by atoms with Gasteiger partial charge in [0, 0.05) is 38.4 Å². The Kier molecular flexibility index (Phi) is 7.42. The van der Waals surface area contributed by atoms with Gasteiger partial charge in [0.2, 0.25) is 5.95 Å². The summed E-state index contributed by atoms with van der Waals surface area (Å²) in [6.45, 7) is 0. The van der Waals surface area contributed by atoms with Gasteiger partial charge in [-0.05, 0) is 76.9 Å².